The van der Waals surface area contributed by atoms with Gasteiger partial charge in [-0.25, -0.2) is 9.78 Å². The molecule has 0 atom stereocenters. The van der Waals surface area contributed by atoms with Gasteiger partial charge in [0.05, 0.1) is 0 Å². The molecule has 0 radical (unpaired) electrons. The van der Waals surface area contributed by atoms with Gasteiger partial charge in [-0.15, -0.1) is 0 Å². The number of oxazole rings is 1. The molecule has 1 N–H and O–H groups in total. The van der Waals surface area contributed by atoms with Crippen molar-refractivity contribution in [3.05, 3.63) is 17.8 Å². The fourth-order valence-corrected chi connectivity index (χ4v) is 1.69. The Morgan fingerprint density at radius 1 is 1.31 bits per heavy atom. The first-order valence-corrected chi connectivity index (χ1v) is 5.91. The number of aromatic carboxylic acids is 1. The highest BCUT2D eigenvalue weighted by molar-refractivity contribution is 5.86. The summed E-state index contributed by atoms with van der Waals surface area (Å²) in [6, 6.07) is 0. The van der Waals surface area contributed by atoms with Crippen LogP contribution in [0.1, 0.15) is 61.7 Å². The molecule has 0 amide bonds. The zero-order valence-electron chi connectivity index (χ0n) is 9.74. The van der Waals surface area contributed by atoms with E-state index in [2.05, 4.69) is 11.9 Å². The highest BCUT2D eigenvalue weighted by Gasteiger charge is 2.14. The second-order valence-corrected chi connectivity index (χ2v) is 3.95. The third-order valence-electron chi connectivity index (χ3n) is 2.60. The average molecular weight is 225 g/mol. The van der Waals surface area contributed by atoms with Crippen molar-refractivity contribution in [1.29, 1.82) is 0 Å². The van der Waals surface area contributed by atoms with Crippen LogP contribution in [0, 0.1) is 0 Å². The summed E-state index contributed by atoms with van der Waals surface area (Å²) in [4.78, 5) is 14.4. The maximum Gasteiger partial charge on any atom is 0.358 e. The first-order chi connectivity index (χ1) is 7.75. The van der Waals surface area contributed by atoms with Crippen LogP contribution < -0.4 is 0 Å². The van der Waals surface area contributed by atoms with Gasteiger partial charge >= 0.3 is 5.97 Å². The predicted octanol–water partition coefficient (Wildman–Crippen LogP) is 3.28. The van der Waals surface area contributed by atoms with Gasteiger partial charge < -0.3 is 9.52 Å². The van der Waals surface area contributed by atoms with Crippen LogP contribution in [0.25, 0.3) is 0 Å². The van der Waals surface area contributed by atoms with Crippen molar-refractivity contribution in [2.75, 3.05) is 0 Å². The molecule has 1 aromatic rings. The number of rotatable bonds is 8. The molecule has 4 heteroatoms. The van der Waals surface area contributed by atoms with Crippen molar-refractivity contribution < 1.29 is 14.3 Å². The molecule has 0 aliphatic carbocycles. The smallest absolute Gasteiger partial charge is 0.358 e. The fraction of sp³-hybridized carbons (Fsp3) is 0.667. The van der Waals surface area contributed by atoms with E-state index in [1.54, 1.807) is 0 Å². The van der Waals surface area contributed by atoms with E-state index in [1.165, 1.54) is 32.1 Å². The lowest BCUT2D eigenvalue weighted by molar-refractivity contribution is 0.0688. The molecular weight excluding hydrogens is 206 g/mol. The van der Waals surface area contributed by atoms with Crippen molar-refractivity contribution in [2.45, 2.75) is 51.9 Å². The van der Waals surface area contributed by atoms with Gasteiger partial charge in [0.25, 0.3) is 0 Å². The predicted molar refractivity (Wildman–Crippen MR) is 60.5 cm³/mol. The molecule has 0 aromatic carbocycles. The molecule has 0 aliphatic heterocycles. The van der Waals surface area contributed by atoms with Gasteiger partial charge in [0.15, 0.2) is 12.1 Å². The Kier molecular flexibility index (Phi) is 5.61. The summed E-state index contributed by atoms with van der Waals surface area (Å²) >= 11 is 0. The number of aryl methyl sites for hydroxylation is 1. The summed E-state index contributed by atoms with van der Waals surface area (Å²) in [5.74, 6) is -0.502. The first kappa shape index (κ1) is 12.7. The molecule has 1 rings (SSSR count). The third kappa shape index (κ3) is 4.04. The van der Waals surface area contributed by atoms with Crippen LogP contribution in [-0.4, -0.2) is 16.1 Å². The molecule has 1 heterocycles. The number of aromatic nitrogens is 1. The SMILES string of the molecule is CCCCCCCCc1ocnc1C(=O)O. The van der Waals surface area contributed by atoms with Crippen LogP contribution in [-0.2, 0) is 6.42 Å². The van der Waals surface area contributed by atoms with Gasteiger partial charge in [-0.05, 0) is 6.42 Å². The van der Waals surface area contributed by atoms with Crippen LogP contribution >= 0.6 is 0 Å². The molecule has 0 saturated carbocycles. The average Bonchev–Trinajstić information content (AvgIpc) is 2.71. The molecule has 0 unspecified atom stereocenters. The Morgan fingerprint density at radius 3 is 2.69 bits per heavy atom. The van der Waals surface area contributed by atoms with E-state index in [-0.39, 0.29) is 5.69 Å². The van der Waals surface area contributed by atoms with E-state index in [0.29, 0.717) is 12.2 Å². The van der Waals surface area contributed by atoms with Crippen molar-refractivity contribution in [3.8, 4) is 0 Å². The van der Waals surface area contributed by atoms with Gasteiger partial charge in [0.1, 0.15) is 5.76 Å². The summed E-state index contributed by atoms with van der Waals surface area (Å²) < 4.78 is 5.06. The van der Waals surface area contributed by atoms with Gasteiger partial charge in [-0.3, -0.25) is 0 Å². The number of carboxylic acids is 1. The van der Waals surface area contributed by atoms with Gasteiger partial charge in [0.2, 0.25) is 0 Å². The van der Waals surface area contributed by atoms with E-state index >= 15 is 0 Å². The Balaban J connectivity index is 2.21. The number of hydrogen-bond acceptors (Lipinski definition) is 3. The summed E-state index contributed by atoms with van der Waals surface area (Å²) in [6.45, 7) is 2.19. The second kappa shape index (κ2) is 7.04. The van der Waals surface area contributed by atoms with Crippen LogP contribution in [0.5, 0.6) is 0 Å². The number of carbonyl (C=O) groups is 1. The Morgan fingerprint density at radius 2 is 2.00 bits per heavy atom. The molecule has 0 aliphatic rings. The monoisotopic (exact) mass is 225 g/mol. The standard InChI is InChI=1S/C12H19NO3/c1-2-3-4-5-6-7-8-10-11(12(14)15)13-9-16-10/h9H,2-8H2,1H3,(H,14,15). The maximum atomic E-state index is 10.7. The zero-order chi connectivity index (χ0) is 11.8. The van der Waals surface area contributed by atoms with Crippen molar-refractivity contribution in [2.24, 2.45) is 0 Å². The molecule has 1 aromatic heterocycles. The highest BCUT2D eigenvalue weighted by Crippen LogP contribution is 2.13. The Hall–Kier alpha value is -1.32. The number of nitrogens with zero attached hydrogens (tertiary/aromatic N) is 1. The minimum Gasteiger partial charge on any atom is -0.476 e. The molecule has 0 spiro atoms. The van der Waals surface area contributed by atoms with Crippen LogP contribution in [0.3, 0.4) is 0 Å². The summed E-state index contributed by atoms with van der Waals surface area (Å²) in [5, 5.41) is 8.80. The lowest BCUT2D eigenvalue weighted by atomic mass is 10.1. The fourth-order valence-electron chi connectivity index (χ4n) is 1.69. The quantitative estimate of drug-likeness (QED) is 0.689. The summed E-state index contributed by atoms with van der Waals surface area (Å²) in [5.41, 5.74) is 0.0635. The number of hydrogen-bond donors (Lipinski definition) is 1. The van der Waals surface area contributed by atoms with E-state index in [4.69, 9.17) is 9.52 Å². The second-order valence-electron chi connectivity index (χ2n) is 3.95. The maximum absolute atomic E-state index is 10.7. The van der Waals surface area contributed by atoms with E-state index in [1.807, 2.05) is 0 Å². The van der Waals surface area contributed by atoms with Gasteiger partial charge in [0, 0.05) is 6.42 Å². The minimum atomic E-state index is -1.00. The van der Waals surface area contributed by atoms with E-state index < -0.39 is 5.97 Å². The van der Waals surface area contributed by atoms with Gasteiger partial charge in [-0.1, -0.05) is 39.0 Å². The van der Waals surface area contributed by atoms with Crippen molar-refractivity contribution >= 4 is 5.97 Å². The third-order valence-corrected chi connectivity index (χ3v) is 2.60. The zero-order valence-corrected chi connectivity index (χ0v) is 9.74. The van der Waals surface area contributed by atoms with Crippen molar-refractivity contribution in [3.63, 3.8) is 0 Å². The topological polar surface area (TPSA) is 63.3 Å². The summed E-state index contributed by atoms with van der Waals surface area (Å²) in [7, 11) is 0. The van der Waals surface area contributed by atoms with Crippen LogP contribution in [0.15, 0.2) is 10.8 Å². The van der Waals surface area contributed by atoms with E-state index in [0.717, 1.165) is 12.8 Å². The Labute approximate surface area is 95.7 Å². The molecule has 0 saturated heterocycles. The normalized spacial score (nSPS) is 10.6. The van der Waals surface area contributed by atoms with E-state index in [9.17, 15) is 4.79 Å². The molecule has 16 heavy (non-hydrogen) atoms. The molecular formula is C12H19NO3. The van der Waals surface area contributed by atoms with Crippen LogP contribution in [0.2, 0.25) is 0 Å². The molecule has 90 valence electrons. The first-order valence-electron chi connectivity index (χ1n) is 5.91. The number of carboxylic acid groups (broad SMARTS) is 1. The highest BCUT2D eigenvalue weighted by atomic mass is 16.4. The number of unbranched alkanes of at least 4 members (excludes halogenated alkanes) is 5. The molecule has 0 bridgehead atoms. The minimum absolute atomic E-state index is 0.0635. The lowest BCUT2D eigenvalue weighted by Gasteiger charge is -1.99. The Bertz CT molecular complexity index is 320. The largest absolute Gasteiger partial charge is 0.476 e. The lowest BCUT2D eigenvalue weighted by Crippen LogP contribution is -2.01. The molecule has 0 fully saturated rings. The van der Waals surface area contributed by atoms with Crippen LogP contribution in [0.4, 0.5) is 0 Å². The van der Waals surface area contributed by atoms with Crippen molar-refractivity contribution in [1.82, 2.24) is 4.98 Å². The molecule has 4 nitrogen and oxygen atoms in total. The summed E-state index contributed by atoms with van der Waals surface area (Å²) in [6.07, 6.45) is 8.97. The van der Waals surface area contributed by atoms with Gasteiger partial charge in [-0.2, -0.15) is 0 Å².